The van der Waals surface area contributed by atoms with Crippen LogP contribution in [0.2, 0.25) is 0 Å². The summed E-state index contributed by atoms with van der Waals surface area (Å²) in [7, 11) is 0.851. The second-order valence-electron chi connectivity index (χ2n) is 7.15. The highest BCUT2D eigenvalue weighted by Crippen LogP contribution is 2.29. The molecule has 0 aliphatic carbocycles. The number of hydrogen-bond donors (Lipinski definition) is 0. The largest absolute Gasteiger partial charge is 0.493 e. The Labute approximate surface area is 188 Å². The van der Waals surface area contributed by atoms with E-state index in [0.717, 1.165) is 9.87 Å². The van der Waals surface area contributed by atoms with Gasteiger partial charge in [-0.15, -0.1) is 0 Å². The van der Waals surface area contributed by atoms with Gasteiger partial charge < -0.3 is 14.2 Å². The van der Waals surface area contributed by atoms with Crippen molar-refractivity contribution in [2.75, 3.05) is 21.2 Å². The summed E-state index contributed by atoms with van der Waals surface area (Å²) in [4.78, 5) is 12.7. The molecule has 3 rings (SSSR count). The van der Waals surface area contributed by atoms with Crippen LogP contribution in [0.15, 0.2) is 77.7 Å². The van der Waals surface area contributed by atoms with Crippen LogP contribution in [0.5, 0.6) is 11.5 Å². The van der Waals surface area contributed by atoms with Crippen molar-refractivity contribution >= 4 is 16.0 Å². The zero-order chi connectivity index (χ0) is 23.1. The number of ether oxygens (including phenoxy) is 3. The predicted octanol–water partition coefficient (Wildman–Crippen LogP) is 3.88. The maximum Gasteiger partial charge on any atom is 0.338 e. The Morgan fingerprint density at radius 3 is 2.25 bits per heavy atom. The molecule has 3 aromatic rings. The lowest BCUT2D eigenvalue weighted by Crippen LogP contribution is -2.22. The monoisotopic (exact) mass is 455 g/mol. The van der Waals surface area contributed by atoms with Crippen molar-refractivity contribution < 1.29 is 27.4 Å². The summed E-state index contributed by atoms with van der Waals surface area (Å²) >= 11 is 0. The predicted molar refractivity (Wildman–Crippen MR) is 120 cm³/mol. The molecular weight excluding hydrogens is 430 g/mol. The topological polar surface area (TPSA) is 82.1 Å². The summed E-state index contributed by atoms with van der Waals surface area (Å²) < 4.78 is 42.2. The van der Waals surface area contributed by atoms with E-state index < -0.39 is 16.0 Å². The standard InChI is InChI=1S/C24H25NO6S/c1-25(2)32(27,28)21-11-7-10-19(14-21)17-31-24(26)20-12-13-22(23(15-20)29-3)30-16-18-8-5-4-6-9-18/h4-15H,16-17H2,1-3H3. The minimum atomic E-state index is -3.57. The lowest BCUT2D eigenvalue weighted by Gasteiger charge is -2.13. The molecule has 0 aliphatic heterocycles. The van der Waals surface area contributed by atoms with Gasteiger partial charge in [0.05, 0.1) is 17.6 Å². The van der Waals surface area contributed by atoms with E-state index in [2.05, 4.69) is 0 Å². The molecule has 0 fully saturated rings. The van der Waals surface area contributed by atoms with E-state index in [1.54, 1.807) is 30.3 Å². The third-order valence-electron chi connectivity index (χ3n) is 4.68. The van der Waals surface area contributed by atoms with E-state index in [0.29, 0.717) is 29.2 Å². The quantitative estimate of drug-likeness (QED) is 0.456. The van der Waals surface area contributed by atoms with Gasteiger partial charge in [0.1, 0.15) is 13.2 Å². The van der Waals surface area contributed by atoms with Gasteiger partial charge in [-0.25, -0.2) is 17.5 Å². The van der Waals surface area contributed by atoms with Crippen molar-refractivity contribution in [2.45, 2.75) is 18.1 Å². The Kier molecular flexibility index (Phi) is 7.50. The molecule has 0 radical (unpaired) electrons. The van der Waals surface area contributed by atoms with Gasteiger partial charge in [-0.05, 0) is 41.5 Å². The Morgan fingerprint density at radius 1 is 0.844 bits per heavy atom. The van der Waals surface area contributed by atoms with Crippen LogP contribution in [-0.4, -0.2) is 39.9 Å². The van der Waals surface area contributed by atoms with Gasteiger partial charge in [-0.3, -0.25) is 0 Å². The fourth-order valence-electron chi connectivity index (χ4n) is 2.89. The van der Waals surface area contributed by atoms with Gasteiger partial charge in [-0.1, -0.05) is 42.5 Å². The van der Waals surface area contributed by atoms with Crippen LogP contribution in [0.3, 0.4) is 0 Å². The average Bonchev–Trinajstić information content (AvgIpc) is 2.81. The minimum absolute atomic E-state index is 0.0653. The first-order valence-corrected chi connectivity index (χ1v) is 11.3. The number of benzene rings is 3. The molecule has 0 spiro atoms. The molecule has 168 valence electrons. The Balaban J connectivity index is 1.67. The fourth-order valence-corrected chi connectivity index (χ4v) is 3.86. The van der Waals surface area contributed by atoms with Crippen molar-refractivity contribution in [1.29, 1.82) is 0 Å². The first-order chi connectivity index (χ1) is 15.3. The molecule has 3 aromatic carbocycles. The Morgan fingerprint density at radius 2 is 1.56 bits per heavy atom. The second kappa shape index (κ2) is 10.3. The van der Waals surface area contributed by atoms with E-state index in [-0.39, 0.29) is 11.5 Å². The van der Waals surface area contributed by atoms with Crippen molar-refractivity contribution in [3.8, 4) is 11.5 Å². The Bertz CT molecular complexity index is 1180. The van der Waals surface area contributed by atoms with E-state index in [9.17, 15) is 13.2 Å². The lowest BCUT2D eigenvalue weighted by molar-refractivity contribution is 0.0472. The lowest BCUT2D eigenvalue weighted by atomic mass is 10.2. The minimum Gasteiger partial charge on any atom is -0.493 e. The second-order valence-corrected chi connectivity index (χ2v) is 9.30. The van der Waals surface area contributed by atoms with Crippen LogP contribution >= 0.6 is 0 Å². The zero-order valence-corrected chi connectivity index (χ0v) is 19.0. The van der Waals surface area contributed by atoms with Crippen LogP contribution in [0.1, 0.15) is 21.5 Å². The summed E-state index contributed by atoms with van der Waals surface area (Å²) in [6, 6.07) is 20.8. The molecule has 0 aliphatic rings. The summed E-state index contributed by atoms with van der Waals surface area (Å²) in [5.74, 6) is 0.364. The molecular formula is C24H25NO6S. The third-order valence-corrected chi connectivity index (χ3v) is 6.49. The summed E-state index contributed by atoms with van der Waals surface area (Å²) in [5.41, 5.74) is 1.87. The highest BCUT2D eigenvalue weighted by atomic mass is 32.2. The SMILES string of the molecule is COc1cc(C(=O)OCc2cccc(S(=O)(=O)N(C)C)c2)ccc1OCc1ccccc1. The average molecular weight is 456 g/mol. The molecule has 0 saturated carbocycles. The van der Waals surface area contributed by atoms with Gasteiger partial charge in [0.2, 0.25) is 10.0 Å². The molecule has 0 N–H and O–H groups in total. The first-order valence-electron chi connectivity index (χ1n) is 9.84. The molecule has 0 heterocycles. The number of nitrogens with zero attached hydrogens (tertiary/aromatic N) is 1. The van der Waals surface area contributed by atoms with Crippen LogP contribution in [0.25, 0.3) is 0 Å². The van der Waals surface area contributed by atoms with Gasteiger partial charge in [0.15, 0.2) is 11.5 Å². The molecule has 0 aromatic heterocycles. The molecule has 0 bridgehead atoms. The normalized spacial score (nSPS) is 11.2. The highest BCUT2D eigenvalue weighted by Gasteiger charge is 2.18. The number of methoxy groups -OCH3 is 1. The molecule has 32 heavy (non-hydrogen) atoms. The number of carbonyl (C=O) groups excluding carboxylic acids is 1. The first kappa shape index (κ1) is 23.3. The van der Waals surface area contributed by atoms with Crippen molar-refractivity contribution in [2.24, 2.45) is 0 Å². The number of carbonyl (C=O) groups is 1. The van der Waals surface area contributed by atoms with E-state index >= 15 is 0 Å². The van der Waals surface area contributed by atoms with Gasteiger partial charge >= 0.3 is 5.97 Å². The zero-order valence-electron chi connectivity index (χ0n) is 18.1. The van der Waals surface area contributed by atoms with Crippen LogP contribution in [0.4, 0.5) is 0 Å². The molecule has 0 atom stereocenters. The van der Waals surface area contributed by atoms with Crippen LogP contribution < -0.4 is 9.47 Å². The highest BCUT2D eigenvalue weighted by molar-refractivity contribution is 7.89. The fraction of sp³-hybridized carbons (Fsp3) is 0.208. The maximum absolute atomic E-state index is 12.5. The van der Waals surface area contributed by atoms with Crippen molar-refractivity contribution in [3.05, 3.63) is 89.5 Å². The summed E-state index contributed by atoms with van der Waals surface area (Å²) in [5, 5.41) is 0. The number of sulfonamides is 1. The summed E-state index contributed by atoms with van der Waals surface area (Å²) in [6.45, 7) is 0.303. The number of hydrogen-bond acceptors (Lipinski definition) is 6. The summed E-state index contributed by atoms with van der Waals surface area (Å²) in [6.07, 6.45) is 0. The van der Waals surface area contributed by atoms with E-state index in [4.69, 9.17) is 14.2 Å². The molecule has 0 amide bonds. The molecule has 7 nitrogen and oxygen atoms in total. The van der Waals surface area contributed by atoms with Gasteiger partial charge in [0, 0.05) is 14.1 Å². The molecule has 0 saturated heterocycles. The smallest absolute Gasteiger partial charge is 0.338 e. The van der Waals surface area contributed by atoms with Crippen molar-refractivity contribution in [1.82, 2.24) is 4.31 Å². The van der Waals surface area contributed by atoms with Crippen LogP contribution in [0, 0.1) is 0 Å². The van der Waals surface area contributed by atoms with E-state index in [1.165, 1.54) is 33.3 Å². The molecule has 0 unspecified atom stereocenters. The third kappa shape index (κ3) is 5.66. The van der Waals surface area contributed by atoms with Crippen molar-refractivity contribution in [3.63, 3.8) is 0 Å². The van der Waals surface area contributed by atoms with Gasteiger partial charge in [-0.2, -0.15) is 0 Å². The maximum atomic E-state index is 12.5. The van der Waals surface area contributed by atoms with Crippen LogP contribution in [-0.2, 0) is 28.0 Å². The Hall–Kier alpha value is -3.36. The number of esters is 1. The van der Waals surface area contributed by atoms with E-state index in [1.807, 2.05) is 30.3 Å². The number of rotatable bonds is 9. The molecule has 8 heteroatoms. The van der Waals surface area contributed by atoms with Gasteiger partial charge in [0.25, 0.3) is 0 Å².